The van der Waals surface area contributed by atoms with E-state index in [4.69, 9.17) is 15.4 Å². The van der Waals surface area contributed by atoms with Gasteiger partial charge in [0.15, 0.2) is 0 Å². The summed E-state index contributed by atoms with van der Waals surface area (Å²) in [6.07, 6.45) is -8.05. The second kappa shape index (κ2) is 10.2. The number of halogens is 3. The number of nitrogens with two attached hydrogens (primary N) is 1. The van der Waals surface area contributed by atoms with Crippen molar-refractivity contribution in [2.45, 2.75) is 38.8 Å². The molecule has 1 amide bonds. The van der Waals surface area contributed by atoms with Crippen LogP contribution in [-0.2, 0) is 18.4 Å². The zero-order chi connectivity index (χ0) is 28.6. The number of aliphatic hydroxyl groups excluding tert-OH is 1. The van der Waals surface area contributed by atoms with Crippen molar-refractivity contribution in [1.82, 2.24) is 19.3 Å². The smallest absolute Gasteiger partial charge is 0.382 e. The number of carbonyl (C=O) groups excluding carboxylic acids is 1. The number of aryl methyl sites for hydroxylation is 1. The maximum Gasteiger partial charge on any atom is 0.435 e. The van der Waals surface area contributed by atoms with Gasteiger partial charge in [0.2, 0.25) is 12.1 Å². The van der Waals surface area contributed by atoms with Crippen molar-refractivity contribution in [1.29, 1.82) is 0 Å². The summed E-state index contributed by atoms with van der Waals surface area (Å²) >= 11 is 0. The zero-order valence-corrected chi connectivity index (χ0v) is 20.9. The number of pyridine rings is 1. The van der Waals surface area contributed by atoms with E-state index in [1.54, 1.807) is 13.0 Å². The number of hydrogen-bond acceptors (Lipinski definition) is 10. The summed E-state index contributed by atoms with van der Waals surface area (Å²) in [6.45, 7) is 3.07. The normalized spacial score (nSPS) is 15.1. The van der Waals surface area contributed by atoms with Gasteiger partial charge in [0.1, 0.15) is 46.3 Å². The molecule has 0 aliphatic carbocycles. The Morgan fingerprint density at radius 3 is 2.72 bits per heavy atom. The first-order valence-electron chi connectivity index (χ1n) is 11.4. The van der Waals surface area contributed by atoms with Gasteiger partial charge < -0.3 is 30.9 Å². The lowest BCUT2D eigenvalue weighted by Gasteiger charge is -2.24. The van der Waals surface area contributed by atoms with Crippen molar-refractivity contribution < 1.29 is 27.6 Å². The molecule has 0 aromatic carbocycles. The first-order chi connectivity index (χ1) is 18.3. The standard InChI is InChI=1S/C22H24F3N9O5/c1-10-7-12(31-39-10)8-33-19(36)15-17(32(3)21(33)38)27-9-34(15)11(2)18(35)29-14-6-4-5-13(28-14)16(26)30-20(37)22(23,24)25/h4-7,11,20,27,37H,8-9H2,1-3H3,(H2,26,30)(H,28,29,35)/t11-,20?/m0/s1. The van der Waals surface area contributed by atoms with Gasteiger partial charge in [0.05, 0.1) is 13.2 Å². The van der Waals surface area contributed by atoms with E-state index < -0.39 is 41.4 Å². The van der Waals surface area contributed by atoms with Crippen LogP contribution in [0.15, 0.2) is 43.4 Å². The number of rotatable bonds is 7. The van der Waals surface area contributed by atoms with Crippen molar-refractivity contribution in [3.8, 4) is 0 Å². The van der Waals surface area contributed by atoms with Crippen LogP contribution in [0.3, 0.4) is 0 Å². The fraction of sp³-hybridized carbons (Fsp3) is 0.364. The van der Waals surface area contributed by atoms with Gasteiger partial charge in [-0.1, -0.05) is 11.2 Å². The summed E-state index contributed by atoms with van der Waals surface area (Å²) in [6, 6.07) is 4.62. The van der Waals surface area contributed by atoms with Gasteiger partial charge in [-0.25, -0.2) is 14.8 Å². The third-order valence-electron chi connectivity index (χ3n) is 5.89. The molecule has 14 nitrogen and oxygen atoms in total. The molecule has 0 fully saturated rings. The highest BCUT2D eigenvalue weighted by atomic mass is 19.4. The monoisotopic (exact) mass is 551 g/mol. The predicted molar refractivity (Wildman–Crippen MR) is 132 cm³/mol. The quantitative estimate of drug-likeness (QED) is 0.232. The molecule has 1 aliphatic rings. The molecule has 17 heteroatoms. The van der Waals surface area contributed by atoms with Gasteiger partial charge in [-0.2, -0.15) is 13.2 Å². The lowest BCUT2D eigenvalue weighted by atomic mass is 10.2. The van der Waals surface area contributed by atoms with Gasteiger partial charge in [0, 0.05) is 13.1 Å². The summed E-state index contributed by atoms with van der Waals surface area (Å²) in [5, 5.41) is 18.4. The average Bonchev–Trinajstić information content (AvgIpc) is 3.50. The van der Waals surface area contributed by atoms with Crippen LogP contribution in [0, 0.1) is 6.92 Å². The van der Waals surface area contributed by atoms with Crippen LogP contribution < -0.4 is 32.5 Å². The first kappa shape index (κ1) is 27.4. The predicted octanol–water partition coefficient (Wildman–Crippen LogP) is 0.0893. The van der Waals surface area contributed by atoms with Crippen molar-refractivity contribution >= 4 is 29.1 Å². The highest BCUT2D eigenvalue weighted by Gasteiger charge is 2.38. The molecule has 0 spiro atoms. The minimum absolute atomic E-state index is 0.0297. The molecule has 208 valence electrons. The zero-order valence-electron chi connectivity index (χ0n) is 20.9. The molecule has 4 heterocycles. The topological polar surface area (TPSA) is 186 Å². The Kier molecular flexibility index (Phi) is 7.18. The molecule has 39 heavy (non-hydrogen) atoms. The number of nitrogens with one attached hydrogen (secondary N) is 2. The third kappa shape index (κ3) is 5.47. The summed E-state index contributed by atoms with van der Waals surface area (Å²) < 4.78 is 45.0. The Balaban J connectivity index is 1.58. The van der Waals surface area contributed by atoms with E-state index in [2.05, 4.69) is 25.8 Å². The first-order valence-corrected chi connectivity index (χ1v) is 11.4. The molecule has 0 radical (unpaired) electrons. The number of aliphatic hydroxyl groups is 1. The van der Waals surface area contributed by atoms with Gasteiger partial charge in [-0.15, -0.1) is 0 Å². The molecule has 3 aromatic rings. The SMILES string of the molecule is Cc1cc(Cn2c(=O)c3c(n(C)c2=O)NCN3[C@@H](C)C(=O)Nc2cccc(C(N)=NC(O)C(F)(F)F)n2)no1. The Morgan fingerprint density at radius 1 is 1.36 bits per heavy atom. The van der Waals surface area contributed by atoms with Gasteiger partial charge in [0.25, 0.3) is 5.56 Å². The van der Waals surface area contributed by atoms with Crippen molar-refractivity contribution in [2.24, 2.45) is 17.8 Å². The highest BCUT2D eigenvalue weighted by molar-refractivity contribution is 5.99. The number of aliphatic imine (C=N–C) groups is 1. The molecule has 0 saturated heterocycles. The lowest BCUT2D eigenvalue weighted by Crippen LogP contribution is -2.46. The van der Waals surface area contributed by atoms with Crippen molar-refractivity contribution in [3.05, 3.63) is 62.3 Å². The number of hydrogen-bond donors (Lipinski definition) is 4. The van der Waals surface area contributed by atoms with E-state index in [1.807, 2.05) is 0 Å². The maximum atomic E-state index is 13.4. The molecule has 0 bridgehead atoms. The number of amides is 1. The van der Waals surface area contributed by atoms with Gasteiger partial charge in [-0.3, -0.25) is 18.7 Å². The van der Waals surface area contributed by atoms with Crippen LogP contribution in [0.5, 0.6) is 0 Å². The van der Waals surface area contributed by atoms with Crippen LogP contribution in [0.25, 0.3) is 0 Å². The molecule has 1 unspecified atom stereocenters. The van der Waals surface area contributed by atoms with Crippen LogP contribution in [0.2, 0.25) is 0 Å². The number of aromatic nitrogens is 4. The molecular weight excluding hydrogens is 527 g/mol. The Morgan fingerprint density at radius 2 is 2.08 bits per heavy atom. The maximum absolute atomic E-state index is 13.4. The third-order valence-corrected chi connectivity index (χ3v) is 5.89. The van der Waals surface area contributed by atoms with Gasteiger partial charge >= 0.3 is 11.9 Å². The van der Waals surface area contributed by atoms with E-state index in [0.717, 1.165) is 4.57 Å². The number of anilines is 3. The average molecular weight is 551 g/mol. The number of nitrogens with zero attached hydrogens (tertiary/aromatic N) is 6. The van der Waals surface area contributed by atoms with E-state index >= 15 is 0 Å². The number of amidine groups is 1. The van der Waals surface area contributed by atoms with Crippen LogP contribution in [0.1, 0.15) is 24.1 Å². The van der Waals surface area contributed by atoms with E-state index in [0.29, 0.717) is 11.5 Å². The molecule has 2 atom stereocenters. The minimum Gasteiger partial charge on any atom is -0.382 e. The number of fused-ring (bicyclic) bond motifs is 1. The Labute approximate surface area is 217 Å². The number of carbonyl (C=O) groups is 1. The molecule has 0 saturated carbocycles. The summed E-state index contributed by atoms with van der Waals surface area (Å²) in [5.41, 5.74) is 4.54. The largest absolute Gasteiger partial charge is 0.435 e. The summed E-state index contributed by atoms with van der Waals surface area (Å²) in [7, 11) is 1.48. The fourth-order valence-corrected chi connectivity index (χ4v) is 3.87. The fourth-order valence-electron chi connectivity index (χ4n) is 3.87. The van der Waals surface area contributed by atoms with Gasteiger partial charge in [-0.05, 0) is 26.0 Å². The lowest BCUT2D eigenvalue weighted by molar-refractivity contribution is -0.200. The molecule has 4 rings (SSSR count). The van der Waals surface area contributed by atoms with Crippen molar-refractivity contribution in [2.75, 3.05) is 22.2 Å². The molecule has 1 aliphatic heterocycles. The second-order valence-electron chi connectivity index (χ2n) is 8.67. The Bertz CT molecular complexity index is 1560. The molecule has 5 N–H and O–H groups in total. The van der Waals surface area contributed by atoms with E-state index in [1.165, 1.54) is 41.6 Å². The Hall–Kier alpha value is -4.67. The van der Waals surface area contributed by atoms with E-state index in [-0.39, 0.29) is 36.2 Å². The molecule has 3 aromatic heterocycles. The summed E-state index contributed by atoms with van der Waals surface area (Å²) in [5.74, 6) is -0.635. The van der Waals surface area contributed by atoms with Crippen LogP contribution >= 0.6 is 0 Å². The van der Waals surface area contributed by atoms with Crippen molar-refractivity contribution in [3.63, 3.8) is 0 Å². The summed E-state index contributed by atoms with van der Waals surface area (Å²) in [4.78, 5) is 47.7. The van der Waals surface area contributed by atoms with Crippen LogP contribution in [-0.4, -0.2) is 61.2 Å². The molecular formula is C22H24F3N9O5. The number of alkyl halides is 3. The van der Waals surface area contributed by atoms with Crippen LogP contribution in [0.4, 0.5) is 30.5 Å². The minimum atomic E-state index is -5.01. The van der Waals surface area contributed by atoms with E-state index in [9.17, 15) is 27.6 Å². The highest BCUT2D eigenvalue weighted by Crippen LogP contribution is 2.28. The second-order valence-corrected chi connectivity index (χ2v) is 8.67.